The maximum absolute atomic E-state index is 13.1. The minimum atomic E-state index is -0.272. The fourth-order valence-corrected chi connectivity index (χ4v) is 1.60. The van der Waals surface area contributed by atoms with Crippen LogP contribution in [0.3, 0.4) is 0 Å². The van der Waals surface area contributed by atoms with Gasteiger partial charge in [0.1, 0.15) is 12.4 Å². The monoisotopic (exact) mass is 251 g/mol. The Morgan fingerprint density at radius 2 is 2.18 bits per heavy atom. The van der Waals surface area contributed by atoms with E-state index < -0.39 is 0 Å². The number of nitrogens with zero attached hydrogens (tertiary/aromatic N) is 1. The molecule has 0 aliphatic carbocycles. The van der Waals surface area contributed by atoms with Gasteiger partial charge >= 0.3 is 0 Å². The number of benzene rings is 1. The Hall–Kier alpha value is -1.61. The van der Waals surface area contributed by atoms with Gasteiger partial charge in [0.15, 0.2) is 10.9 Å². The van der Waals surface area contributed by atoms with Crippen molar-refractivity contribution < 1.29 is 9.13 Å². The van der Waals surface area contributed by atoms with E-state index in [4.69, 9.17) is 16.3 Å². The molecule has 0 saturated heterocycles. The zero-order valence-electron chi connectivity index (χ0n) is 9.28. The lowest BCUT2D eigenvalue weighted by atomic mass is 10.1. The molecule has 88 valence electrons. The first kappa shape index (κ1) is 11.9. The topological polar surface area (TPSA) is 22.1 Å². The van der Waals surface area contributed by atoms with Crippen molar-refractivity contribution in [1.29, 1.82) is 0 Å². The SMILES string of the molecule is Cc1ccc(F)cc1COc1cccnc1Cl. The summed E-state index contributed by atoms with van der Waals surface area (Å²) < 4.78 is 18.6. The van der Waals surface area contributed by atoms with Crippen LogP contribution in [0.5, 0.6) is 5.75 Å². The fraction of sp³-hybridized carbons (Fsp3) is 0.154. The summed E-state index contributed by atoms with van der Waals surface area (Å²) in [6, 6.07) is 8.07. The van der Waals surface area contributed by atoms with Crippen LogP contribution in [0, 0.1) is 12.7 Å². The van der Waals surface area contributed by atoms with Crippen molar-refractivity contribution in [3.8, 4) is 5.75 Å². The molecular formula is C13H11ClFNO. The number of halogens is 2. The summed E-state index contributed by atoms with van der Waals surface area (Å²) in [4.78, 5) is 3.90. The van der Waals surface area contributed by atoms with E-state index in [9.17, 15) is 4.39 Å². The molecule has 0 unspecified atom stereocenters. The summed E-state index contributed by atoms with van der Waals surface area (Å²) in [6.45, 7) is 2.18. The van der Waals surface area contributed by atoms with E-state index in [-0.39, 0.29) is 12.4 Å². The molecule has 0 aliphatic rings. The third-order valence-corrected chi connectivity index (χ3v) is 2.70. The highest BCUT2D eigenvalue weighted by Crippen LogP contribution is 2.22. The zero-order valence-corrected chi connectivity index (χ0v) is 10.0. The molecule has 0 amide bonds. The first-order valence-electron chi connectivity index (χ1n) is 5.15. The quantitative estimate of drug-likeness (QED) is 0.775. The van der Waals surface area contributed by atoms with E-state index in [0.717, 1.165) is 11.1 Å². The number of hydrogen-bond donors (Lipinski definition) is 0. The number of aryl methyl sites for hydroxylation is 1. The molecule has 0 saturated carbocycles. The number of hydrogen-bond acceptors (Lipinski definition) is 2. The van der Waals surface area contributed by atoms with Crippen LogP contribution in [0.15, 0.2) is 36.5 Å². The smallest absolute Gasteiger partial charge is 0.171 e. The van der Waals surface area contributed by atoms with Crippen LogP contribution in [-0.4, -0.2) is 4.98 Å². The van der Waals surface area contributed by atoms with Gasteiger partial charge in [-0.3, -0.25) is 0 Å². The highest BCUT2D eigenvalue weighted by molar-refractivity contribution is 6.30. The molecule has 0 N–H and O–H groups in total. The van der Waals surface area contributed by atoms with Crippen LogP contribution in [0.25, 0.3) is 0 Å². The normalized spacial score (nSPS) is 10.3. The van der Waals surface area contributed by atoms with Crippen LogP contribution in [0.1, 0.15) is 11.1 Å². The first-order valence-corrected chi connectivity index (χ1v) is 5.53. The highest BCUT2D eigenvalue weighted by atomic mass is 35.5. The summed E-state index contributed by atoms with van der Waals surface area (Å²) in [5, 5.41) is 0.307. The average molecular weight is 252 g/mol. The van der Waals surface area contributed by atoms with Gasteiger partial charge in [0.25, 0.3) is 0 Å². The molecule has 0 radical (unpaired) electrons. The van der Waals surface area contributed by atoms with Gasteiger partial charge in [-0.2, -0.15) is 0 Å². The molecule has 1 aromatic carbocycles. The second-order valence-corrected chi connectivity index (χ2v) is 4.01. The Bertz CT molecular complexity index is 531. The van der Waals surface area contributed by atoms with E-state index in [0.29, 0.717) is 10.9 Å². The molecule has 1 heterocycles. The molecular weight excluding hydrogens is 241 g/mol. The van der Waals surface area contributed by atoms with Gasteiger partial charge in [-0.05, 0) is 42.3 Å². The molecule has 0 aliphatic heterocycles. The zero-order chi connectivity index (χ0) is 12.3. The van der Waals surface area contributed by atoms with Gasteiger partial charge in [0.05, 0.1) is 0 Å². The van der Waals surface area contributed by atoms with Gasteiger partial charge in [0.2, 0.25) is 0 Å². The minimum absolute atomic E-state index is 0.272. The standard InChI is InChI=1S/C13H11ClFNO/c1-9-4-5-11(15)7-10(9)8-17-12-3-2-6-16-13(12)14/h2-7H,8H2,1H3. The fourth-order valence-electron chi connectivity index (χ4n) is 1.43. The third kappa shape index (κ3) is 2.94. The molecule has 2 rings (SSSR count). The Morgan fingerprint density at radius 3 is 2.94 bits per heavy atom. The second kappa shape index (κ2) is 5.15. The van der Waals surface area contributed by atoms with Crippen LogP contribution < -0.4 is 4.74 Å². The Balaban J connectivity index is 2.12. The van der Waals surface area contributed by atoms with Crippen molar-refractivity contribution in [3.63, 3.8) is 0 Å². The third-order valence-electron chi connectivity index (χ3n) is 2.42. The Morgan fingerprint density at radius 1 is 1.35 bits per heavy atom. The van der Waals surface area contributed by atoms with E-state index in [1.54, 1.807) is 24.4 Å². The number of rotatable bonds is 3. The molecule has 2 nitrogen and oxygen atoms in total. The lowest BCUT2D eigenvalue weighted by molar-refractivity contribution is 0.304. The molecule has 2 aromatic rings. The predicted octanol–water partition coefficient (Wildman–Crippen LogP) is 3.76. The van der Waals surface area contributed by atoms with Crippen molar-refractivity contribution in [3.05, 3.63) is 58.6 Å². The number of ether oxygens (including phenoxy) is 1. The van der Waals surface area contributed by atoms with Crippen molar-refractivity contribution >= 4 is 11.6 Å². The molecule has 0 spiro atoms. The van der Waals surface area contributed by atoms with Crippen molar-refractivity contribution in [1.82, 2.24) is 4.98 Å². The van der Waals surface area contributed by atoms with Gasteiger partial charge in [-0.1, -0.05) is 17.7 Å². The number of pyridine rings is 1. The maximum atomic E-state index is 13.1. The predicted molar refractivity (Wildman–Crippen MR) is 64.7 cm³/mol. The molecule has 4 heteroatoms. The largest absolute Gasteiger partial charge is 0.486 e. The molecule has 0 atom stereocenters. The van der Waals surface area contributed by atoms with E-state index in [1.165, 1.54) is 12.1 Å². The summed E-state index contributed by atoms with van der Waals surface area (Å²) in [5.41, 5.74) is 1.77. The summed E-state index contributed by atoms with van der Waals surface area (Å²) in [6.07, 6.45) is 1.59. The lowest BCUT2D eigenvalue weighted by Gasteiger charge is -2.09. The van der Waals surface area contributed by atoms with Gasteiger partial charge < -0.3 is 4.74 Å². The van der Waals surface area contributed by atoms with E-state index in [2.05, 4.69) is 4.98 Å². The Kier molecular flexibility index (Phi) is 3.59. The van der Waals surface area contributed by atoms with Crippen LogP contribution in [-0.2, 0) is 6.61 Å². The summed E-state index contributed by atoms with van der Waals surface area (Å²) in [5.74, 6) is 0.226. The van der Waals surface area contributed by atoms with E-state index >= 15 is 0 Å². The molecule has 17 heavy (non-hydrogen) atoms. The molecule has 0 bridgehead atoms. The van der Waals surface area contributed by atoms with Crippen LogP contribution in [0.2, 0.25) is 5.15 Å². The van der Waals surface area contributed by atoms with E-state index in [1.807, 2.05) is 6.92 Å². The number of aromatic nitrogens is 1. The van der Waals surface area contributed by atoms with Crippen molar-refractivity contribution in [2.75, 3.05) is 0 Å². The first-order chi connectivity index (χ1) is 8.16. The Labute approximate surface area is 104 Å². The summed E-state index contributed by atoms with van der Waals surface area (Å²) in [7, 11) is 0. The van der Waals surface area contributed by atoms with Gasteiger partial charge in [-0.15, -0.1) is 0 Å². The average Bonchev–Trinajstić information content (AvgIpc) is 2.32. The highest BCUT2D eigenvalue weighted by Gasteiger charge is 2.04. The maximum Gasteiger partial charge on any atom is 0.171 e. The second-order valence-electron chi connectivity index (χ2n) is 3.65. The van der Waals surface area contributed by atoms with Gasteiger partial charge in [0, 0.05) is 6.20 Å². The lowest BCUT2D eigenvalue weighted by Crippen LogP contribution is -1.99. The molecule has 0 fully saturated rings. The van der Waals surface area contributed by atoms with Crippen LogP contribution in [0.4, 0.5) is 4.39 Å². The summed E-state index contributed by atoms with van der Waals surface area (Å²) >= 11 is 5.85. The van der Waals surface area contributed by atoms with Crippen molar-refractivity contribution in [2.24, 2.45) is 0 Å². The van der Waals surface area contributed by atoms with Crippen LogP contribution >= 0.6 is 11.6 Å². The minimum Gasteiger partial charge on any atom is -0.486 e. The van der Waals surface area contributed by atoms with Crippen molar-refractivity contribution in [2.45, 2.75) is 13.5 Å². The van der Waals surface area contributed by atoms with Gasteiger partial charge in [-0.25, -0.2) is 9.37 Å². The molecule has 1 aromatic heterocycles.